The van der Waals surface area contributed by atoms with Gasteiger partial charge in [0, 0.05) is 35.2 Å². The molecule has 0 fully saturated rings. The van der Waals surface area contributed by atoms with Crippen molar-refractivity contribution in [2.75, 3.05) is 7.11 Å². The van der Waals surface area contributed by atoms with Crippen LogP contribution >= 0.6 is 0 Å². The highest BCUT2D eigenvalue weighted by Gasteiger charge is 2.28. The Morgan fingerprint density at radius 3 is 2.81 bits per heavy atom. The third-order valence-electron chi connectivity index (χ3n) is 4.31. The molecule has 0 saturated heterocycles. The Kier molecular flexibility index (Phi) is 5.02. The van der Waals surface area contributed by atoms with Gasteiger partial charge in [0.15, 0.2) is 0 Å². The second kappa shape index (κ2) is 7.40. The molecule has 0 radical (unpaired) electrons. The molecule has 9 nitrogen and oxygen atoms in total. The van der Waals surface area contributed by atoms with Gasteiger partial charge in [-0.05, 0) is 25.8 Å². The van der Waals surface area contributed by atoms with Gasteiger partial charge in [0.05, 0.1) is 17.7 Å². The van der Waals surface area contributed by atoms with Crippen molar-refractivity contribution in [3.63, 3.8) is 0 Å². The van der Waals surface area contributed by atoms with Crippen molar-refractivity contribution in [3.05, 3.63) is 62.6 Å². The van der Waals surface area contributed by atoms with Crippen LogP contribution in [0.4, 0.5) is 5.69 Å². The Bertz CT molecular complexity index is 960. The fraction of sp³-hybridized carbons (Fsp3) is 0.278. The van der Waals surface area contributed by atoms with Gasteiger partial charge in [-0.2, -0.15) is 5.10 Å². The summed E-state index contributed by atoms with van der Waals surface area (Å²) in [7, 11) is 1.28. The lowest BCUT2D eigenvalue weighted by molar-refractivity contribution is -0.384. The van der Waals surface area contributed by atoms with Crippen molar-refractivity contribution in [2.45, 2.75) is 26.2 Å². The van der Waals surface area contributed by atoms with E-state index < -0.39 is 16.8 Å². The van der Waals surface area contributed by atoms with Gasteiger partial charge in [0.2, 0.25) is 5.76 Å². The predicted octanol–water partition coefficient (Wildman–Crippen LogP) is 2.75. The topological polar surface area (TPSA) is 124 Å². The number of carbonyl (C=O) groups excluding carboxylic acids is 2. The maximum absolute atomic E-state index is 12.3. The minimum absolute atomic E-state index is 0.127. The summed E-state index contributed by atoms with van der Waals surface area (Å²) in [5.41, 5.74) is 4.27. The molecule has 1 aromatic heterocycles. The molecule has 1 heterocycles. The van der Waals surface area contributed by atoms with Crippen LogP contribution in [0, 0.1) is 17.0 Å². The summed E-state index contributed by atoms with van der Waals surface area (Å²) in [5.74, 6) is -0.376. The van der Waals surface area contributed by atoms with E-state index in [9.17, 15) is 19.7 Å². The van der Waals surface area contributed by atoms with Crippen LogP contribution in [0.1, 0.15) is 50.6 Å². The number of aryl methyl sites for hydroxylation is 1. The number of nitro benzene ring substituents is 1. The number of non-ortho nitro benzene ring substituents is 1. The smallest absolute Gasteiger partial charge is 0.374 e. The van der Waals surface area contributed by atoms with Crippen molar-refractivity contribution in [3.8, 4) is 0 Å². The van der Waals surface area contributed by atoms with E-state index in [4.69, 9.17) is 9.15 Å². The average Bonchev–Trinajstić information content (AvgIpc) is 3.02. The van der Waals surface area contributed by atoms with Gasteiger partial charge in [0.1, 0.15) is 5.76 Å². The predicted molar refractivity (Wildman–Crippen MR) is 94.8 cm³/mol. The molecule has 0 spiro atoms. The Morgan fingerprint density at radius 2 is 2.11 bits per heavy atom. The average molecular weight is 371 g/mol. The van der Waals surface area contributed by atoms with Gasteiger partial charge in [-0.3, -0.25) is 14.9 Å². The molecular weight excluding hydrogens is 354 g/mol. The largest absolute Gasteiger partial charge is 0.463 e. The molecule has 1 amide bonds. The molecule has 140 valence electrons. The number of methoxy groups -OCH3 is 1. The number of amides is 1. The molecule has 1 aliphatic rings. The molecule has 0 bridgehead atoms. The number of rotatable bonds is 4. The number of carbonyl (C=O) groups is 2. The van der Waals surface area contributed by atoms with Crippen LogP contribution in [0.2, 0.25) is 0 Å². The van der Waals surface area contributed by atoms with E-state index in [-0.39, 0.29) is 17.0 Å². The van der Waals surface area contributed by atoms with Crippen LogP contribution in [0.5, 0.6) is 0 Å². The monoisotopic (exact) mass is 371 g/mol. The Balaban J connectivity index is 1.86. The first-order valence-corrected chi connectivity index (χ1v) is 8.24. The zero-order chi connectivity index (χ0) is 19.6. The first-order valence-electron chi connectivity index (χ1n) is 8.24. The number of nitrogens with zero attached hydrogens (tertiary/aromatic N) is 2. The van der Waals surface area contributed by atoms with Gasteiger partial charge < -0.3 is 9.15 Å². The van der Waals surface area contributed by atoms with E-state index >= 15 is 0 Å². The normalized spacial score (nSPS) is 14.5. The molecule has 0 saturated carbocycles. The fourth-order valence-electron chi connectivity index (χ4n) is 3.01. The first kappa shape index (κ1) is 18.3. The van der Waals surface area contributed by atoms with Crippen LogP contribution in [0.15, 0.2) is 33.8 Å². The Labute approximate surface area is 154 Å². The zero-order valence-corrected chi connectivity index (χ0v) is 14.8. The maximum Gasteiger partial charge on any atom is 0.374 e. The number of nitrogens with one attached hydrogen (secondary N) is 1. The summed E-state index contributed by atoms with van der Waals surface area (Å²) in [4.78, 5) is 34.4. The van der Waals surface area contributed by atoms with Crippen LogP contribution in [0.3, 0.4) is 0 Å². The number of hydrazone groups is 1. The molecule has 9 heteroatoms. The highest BCUT2D eigenvalue weighted by molar-refractivity contribution is 6.06. The van der Waals surface area contributed by atoms with E-state index in [0.717, 1.165) is 6.42 Å². The quantitative estimate of drug-likeness (QED) is 0.501. The number of ether oxygens (including phenoxy) is 1. The number of esters is 1. The number of nitro groups is 1. The van der Waals surface area contributed by atoms with Gasteiger partial charge in [-0.1, -0.05) is 6.07 Å². The third kappa shape index (κ3) is 3.57. The van der Waals surface area contributed by atoms with Crippen LogP contribution in [-0.2, 0) is 11.2 Å². The van der Waals surface area contributed by atoms with Crippen LogP contribution < -0.4 is 5.43 Å². The van der Waals surface area contributed by atoms with E-state index in [1.54, 1.807) is 6.92 Å². The lowest BCUT2D eigenvalue weighted by Gasteiger charge is -2.13. The molecule has 0 unspecified atom stereocenters. The fourth-order valence-corrected chi connectivity index (χ4v) is 3.01. The maximum atomic E-state index is 12.3. The molecule has 1 N–H and O–H groups in total. The minimum Gasteiger partial charge on any atom is -0.463 e. The van der Waals surface area contributed by atoms with E-state index in [1.165, 1.54) is 31.4 Å². The lowest BCUT2D eigenvalue weighted by atomic mass is 9.93. The number of hydrogen-bond donors (Lipinski definition) is 1. The van der Waals surface area contributed by atoms with Crippen molar-refractivity contribution >= 4 is 23.3 Å². The molecule has 27 heavy (non-hydrogen) atoms. The number of benzene rings is 1. The summed E-state index contributed by atoms with van der Waals surface area (Å²) in [6, 6.07) is 5.38. The second-order valence-corrected chi connectivity index (χ2v) is 6.01. The summed E-state index contributed by atoms with van der Waals surface area (Å²) >= 11 is 0. The summed E-state index contributed by atoms with van der Waals surface area (Å²) in [6.45, 7) is 1.73. The molecule has 2 aromatic rings. The van der Waals surface area contributed by atoms with Crippen LogP contribution in [-0.4, -0.2) is 29.6 Å². The SMILES string of the molecule is COC(=O)c1oc2c(c1C)/C(=N/NC(=O)c1cccc([N+](=O)[O-])c1)CCC2. The molecule has 0 atom stereocenters. The van der Waals surface area contributed by atoms with Gasteiger partial charge in [0.25, 0.3) is 11.6 Å². The summed E-state index contributed by atoms with van der Waals surface area (Å²) in [5, 5.41) is 15.0. The number of hydrogen-bond acceptors (Lipinski definition) is 7. The summed E-state index contributed by atoms with van der Waals surface area (Å²) < 4.78 is 10.3. The number of fused-ring (bicyclic) bond motifs is 1. The van der Waals surface area contributed by atoms with E-state index in [2.05, 4.69) is 10.5 Å². The molecule has 1 aliphatic carbocycles. The van der Waals surface area contributed by atoms with Crippen molar-refractivity contribution < 1.29 is 23.7 Å². The zero-order valence-electron chi connectivity index (χ0n) is 14.8. The molecule has 3 rings (SSSR count). The van der Waals surface area contributed by atoms with Crippen molar-refractivity contribution in [1.82, 2.24) is 5.43 Å². The standard InChI is InChI=1S/C18H17N3O6/c1-10-15-13(7-4-8-14(15)27-16(10)18(23)26-2)19-20-17(22)11-5-3-6-12(9-11)21(24)25/h3,5-6,9H,4,7-8H2,1-2H3,(H,20,22)/b19-13+. The van der Waals surface area contributed by atoms with Gasteiger partial charge in [-0.25, -0.2) is 10.2 Å². The molecule has 1 aromatic carbocycles. The highest BCUT2D eigenvalue weighted by atomic mass is 16.6. The first-order chi connectivity index (χ1) is 12.9. The van der Waals surface area contributed by atoms with Gasteiger partial charge in [-0.15, -0.1) is 0 Å². The molecule has 0 aliphatic heterocycles. The minimum atomic E-state index is -0.570. The lowest BCUT2D eigenvalue weighted by Crippen LogP contribution is -2.22. The third-order valence-corrected chi connectivity index (χ3v) is 4.31. The second-order valence-electron chi connectivity index (χ2n) is 6.01. The van der Waals surface area contributed by atoms with E-state index in [1.807, 2.05) is 0 Å². The highest BCUT2D eigenvalue weighted by Crippen LogP contribution is 2.30. The van der Waals surface area contributed by atoms with Crippen molar-refractivity contribution in [1.29, 1.82) is 0 Å². The van der Waals surface area contributed by atoms with Crippen LogP contribution in [0.25, 0.3) is 0 Å². The van der Waals surface area contributed by atoms with E-state index in [0.29, 0.717) is 35.4 Å². The van der Waals surface area contributed by atoms with Crippen molar-refractivity contribution in [2.24, 2.45) is 5.10 Å². The summed E-state index contributed by atoms with van der Waals surface area (Å²) in [6.07, 6.45) is 2.01. The molecular formula is C18H17N3O6. The Hall–Kier alpha value is -3.49. The van der Waals surface area contributed by atoms with Gasteiger partial charge >= 0.3 is 5.97 Å². The Morgan fingerprint density at radius 1 is 1.33 bits per heavy atom. The number of furan rings is 1.